The summed E-state index contributed by atoms with van der Waals surface area (Å²) in [6, 6.07) is 20.7. The van der Waals surface area contributed by atoms with E-state index in [0.717, 1.165) is 18.7 Å². The van der Waals surface area contributed by atoms with Crippen molar-refractivity contribution in [3.63, 3.8) is 0 Å². The molecule has 0 aliphatic carbocycles. The number of hydrogen-bond acceptors (Lipinski definition) is 15. The molecule has 6 rings (SSSR count). The number of amides is 1. The Hall–Kier alpha value is -4.10. The summed E-state index contributed by atoms with van der Waals surface area (Å²) in [6.45, 7) is 11.0. The van der Waals surface area contributed by atoms with E-state index in [0.29, 0.717) is 38.3 Å². The van der Waals surface area contributed by atoms with Crippen molar-refractivity contribution < 1.29 is 65.1 Å². The summed E-state index contributed by atoms with van der Waals surface area (Å²) in [5.41, 5.74) is 1.62. The number of alkyl carbamates (subject to hydrolysis) is 1. The molecule has 3 aromatic rings. The molecular weight excluding hydrogens is 858 g/mol. The maximum atomic E-state index is 14.2. The summed E-state index contributed by atoms with van der Waals surface area (Å²) in [6.07, 6.45) is -4.20. The average Bonchev–Trinajstić information content (AvgIpc) is 3.89. The Morgan fingerprint density at radius 3 is 2.30 bits per heavy atom. The molecule has 346 valence electrons. The second-order valence-corrected chi connectivity index (χ2v) is 20.0. The van der Waals surface area contributed by atoms with Crippen LogP contribution >= 0.6 is 7.60 Å². The van der Waals surface area contributed by atoms with Crippen LogP contribution < -0.4 is 14.6 Å². The molecule has 0 bridgehead atoms. The van der Waals surface area contributed by atoms with Crippen LogP contribution in [-0.2, 0) is 60.6 Å². The van der Waals surface area contributed by atoms with Crippen molar-refractivity contribution in [1.82, 2.24) is 14.5 Å². The van der Waals surface area contributed by atoms with Gasteiger partial charge in [-0.3, -0.25) is 9.42 Å². The van der Waals surface area contributed by atoms with E-state index >= 15 is 0 Å². The molecule has 0 saturated carbocycles. The van der Waals surface area contributed by atoms with Crippen LogP contribution in [0.2, 0.25) is 0 Å². The number of ether oxygens (including phenoxy) is 6. The molecule has 3 aliphatic heterocycles. The molecule has 3 aliphatic rings. The minimum atomic E-state index is -4.09. The van der Waals surface area contributed by atoms with Crippen molar-refractivity contribution in [1.29, 1.82) is 0 Å². The van der Waals surface area contributed by atoms with E-state index in [4.69, 9.17) is 37.5 Å². The van der Waals surface area contributed by atoms with Gasteiger partial charge in [-0.05, 0) is 80.1 Å². The number of carbonyl (C=O) groups excluding carboxylic acids is 2. The molecular formula is C44H60N3O14PS. The predicted molar refractivity (Wildman–Crippen MR) is 231 cm³/mol. The van der Waals surface area contributed by atoms with Gasteiger partial charge in [0.05, 0.1) is 56.0 Å². The highest BCUT2D eigenvalue weighted by atomic mass is 32.2. The number of rotatable bonds is 22. The Morgan fingerprint density at radius 1 is 0.921 bits per heavy atom. The summed E-state index contributed by atoms with van der Waals surface area (Å²) in [7, 11) is -8.17. The Kier molecular flexibility index (Phi) is 17.4. The highest BCUT2D eigenvalue weighted by Gasteiger charge is 2.44. The summed E-state index contributed by atoms with van der Waals surface area (Å²) >= 11 is 0. The molecule has 63 heavy (non-hydrogen) atoms. The second-order valence-electron chi connectivity index (χ2n) is 16.2. The number of nitrogens with zero attached hydrogens (tertiary/aromatic N) is 2. The van der Waals surface area contributed by atoms with Crippen molar-refractivity contribution in [2.75, 3.05) is 65.6 Å². The molecule has 0 radical (unpaired) electrons. The zero-order valence-corrected chi connectivity index (χ0v) is 38.0. The number of fused-ring (bicyclic) bond motifs is 1. The van der Waals surface area contributed by atoms with E-state index in [1.807, 2.05) is 13.8 Å². The first-order valence-electron chi connectivity index (χ1n) is 21.4. The van der Waals surface area contributed by atoms with E-state index in [1.165, 1.54) is 11.2 Å². The zero-order chi connectivity index (χ0) is 45.0. The standard InChI is InChI=1S/C44H60N3O14PS/c1-5-55-42(49)32(4)60-62(51,61-36-9-7-6-8-10-36)30-58-35-15-11-33(12-16-35)25-39(45-44(50)59-41-29-57-43-38(41)19-22-56-43)40(48)28-47(26-31(2)3)63(52,53)37-17-13-34(14-18-37)27-46-20-23-54-24-21-46/h6-18,31-32,38-41,43,48H,5,19-30H2,1-4H3,(H,45,50)/t32-,38-,39-,40+,41-,43+,62?/m0/s1. The minimum Gasteiger partial charge on any atom is -0.480 e. The van der Waals surface area contributed by atoms with Crippen LogP contribution in [0.1, 0.15) is 45.2 Å². The number of morpholine rings is 1. The van der Waals surface area contributed by atoms with E-state index in [2.05, 4.69) is 10.2 Å². The van der Waals surface area contributed by atoms with Crippen LogP contribution in [0.5, 0.6) is 11.5 Å². The maximum Gasteiger partial charge on any atom is 0.417 e. The number of esters is 1. The number of benzene rings is 3. The van der Waals surface area contributed by atoms with Gasteiger partial charge in [0.1, 0.15) is 17.6 Å². The summed E-state index contributed by atoms with van der Waals surface area (Å²) in [5, 5.41) is 14.7. The smallest absolute Gasteiger partial charge is 0.417 e. The van der Waals surface area contributed by atoms with E-state index in [1.54, 1.807) is 85.8 Å². The second kappa shape index (κ2) is 22.7. The lowest BCUT2D eigenvalue weighted by molar-refractivity contribution is -0.150. The lowest BCUT2D eigenvalue weighted by Crippen LogP contribution is -2.51. The van der Waals surface area contributed by atoms with Gasteiger partial charge in [-0.1, -0.05) is 56.3 Å². The van der Waals surface area contributed by atoms with Crippen LogP contribution in [0.15, 0.2) is 83.8 Å². The molecule has 3 aromatic carbocycles. The van der Waals surface area contributed by atoms with Gasteiger partial charge in [0, 0.05) is 32.7 Å². The monoisotopic (exact) mass is 917 g/mol. The van der Waals surface area contributed by atoms with Gasteiger partial charge in [-0.2, -0.15) is 4.31 Å². The van der Waals surface area contributed by atoms with Gasteiger partial charge < -0.3 is 43.4 Å². The lowest BCUT2D eigenvalue weighted by Gasteiger charge is -2.31. The third kappa shape index (κ3) is 13.9. The Labute approximate surface area is 369 Å². The highest BCUT2D eigenvalue weighted by Crippen LogP contribution is 2.49. The summed E-state index contributed by atoms with van der Waals surface area (Å²) < 4.78 is 88.3. The SMILES string of the molecule is CCOC(=O)[C@H](C)OP(=O)(COc1ccc(C[C@H](NC(=O)O[C@H]2CO[C@H]3OCC[C@H]32)[C@H](O)CN(CC(C)C)S(=O)(=O)c2ccc(CN3CCOCC3)cc2)cc1)Oc1ccccc1. The first kappa shape index (κ1) is 48.4. The number of aliphatic hydroxyl groups excluding tert-OH is 1. The van der Waals surface area contributed by atoms with Crippen molar-refractivity contribution in [3.8, 4) is 11.5 Å². The minimum absolute atomic E-state index is 0.0639. The fourth-order valence-corrected chi connectivity index (χ4v) is 10.6. The highest BCUT2D eigenvalue weighted by molar-refractivity contribution is 7.89. The molecule has 3 saturated heterocycles. The van der Waals surface area contributed by atoms with E-state index in [9.17, 15) is 27.7 Å². The Bertz CT molecular complexity index is 2070. The normalized spacial score (nSPS) is 21.5. The van der Waals surface area contributed by atoms with Crippen molar-refractivity contribution in [2.45, 2.75) is 82.6 Å². The fraction of sp³-hybridized carbons (Fsp3) is 0.545. The third-order valence-corrected chi connectivity index (χ3v) is 14.2. The van der Waals surface area contributed by atoms with Crippen LogP contribution in [0.25, 0.3) is 0 Å². The number of aliphatic hydroxyl groups is 1. The number of sulfonamides is 1. The third-order valence-electron chi connectivity index (χ3n) is 10.7. The van der Waals surface area contributed by atoms with Gasteiger partial charge in [0.15, 0.2) is 12.4 Å². The molecule has 7 atom stereocenters. The van der Waals surface area contributed by atoms with Gasteiger partial charge >= 0.3 is 19.7 Å². The zero-order valence-electron chi connectivity index (χ0n) is 36.2. The molecule has 1 unspecified atom stereocenters. The van der Waals surface area contributed by atoms with Gasteiger partial charge in [-0.25, -0.2) is 22.6 Å². The van der Waals surface area contributed by atoms with Gasteiger partial charge in [0.2, 0.25) is 16.4 Å². The Balaban J connectivity index is 1.16. The largest absolute Gasteiger partial charge is 0.480 e. The molecule has 1 amide bonds. The average molecular weight is 918 g/mol. The summed E-state index contributed by atoms with van der Waals surface area (Å²) in [4.78, 5) is 28.2. The van der Waals surface area contributed by atoms with Crippen molar-refractivity contribution in [3.05, 3.63) is 90.0 Å². The lowest BCUT2D eigenvalue weighted by atomic mass is 10.0. The first-order chi connectivity index (χ1) is 30.2. The number of carbonyl (C=O) groups is 2. The molecule has 0 spiro atoms. The van der Waals surface area contributed by atoms with Crippen LogP contribution in [0.3, 0.4) is 0 Å². The number of nitrogens with one attached hydrogen (secondary N) is 1. The van der Waals surface area contributed by atoms with E-state index < -0.39 is 66.7 Å². The van der Waals surface area contributed by atoms with Crippen molar-refractivity contribution in [2.24, 2.45) is 11.8 Å². The van der Waals surface area contributed by atoms with Gasteiger partial charge in [0.25, 0.3) is 0 Å². The number of hydrogen-bond donors (Lipinski definition) is 2. The maximum absolute atomic E-state index is 14.2. The topological polar surface area (TPSA) is 198 Å². The summed E-state index contributed by atoms with van der Waals surface area (Å²) in [5.74, 6) is -0.383. The molecule has 17 nitrogen and oxygen atoms in total. The quantitative estimate of drug-likeness (QED) is 0.0985. The predicted octanol–water partition coefficient (Wildman–Crippen LogP) is 5.20. The molecule has 19 heteroatoms. The van der Waals surface area contributed by atoms with Crippen LogP contribution in [0, 0.1) is 11.8 Å². The Morgan fingerprint density at radius 2 is 1.62 bits per heavy atom. The molecule has 3 heterocycles. The van der Waals surface area contributed by atoms with Crippen LogP contribution in [-0.4, -0.2) is 131 Å². The molecule has 2 N–H and O–H groups in total. The van der Waals surface area contributed by atoms with E-state index in [-0.39, 0.29) is 61.0 Å². The van der Waals surface area contributed by atoms with Crippen LogP contribution in [0.4, 0.5) is 4.79 Å². The van der Waals surface area contributed by atoms with Gasteiger partial charge in [-0.15, -0.1) is 0 Å². The number of para-hydroxylation sites is 1. The fourth-order valence-electron chi connectivity index (χ4n) is 7.49. The molecule has 3 fully saturated rings. The first-order valence-corrected chi connectivity index (χ1v) is 24.6. The van der Waals surface area contributed by atoms with Crippen molar-refractivity contribution >= 4 is 29.7 Å². The molecule has 0 aromatic heterocycles.